The first-order valence-corrected chi connectivity index (χ1v) is 13.9. The highest BCUT2D eigenvalue weighted by Crippen LogP contribution is 2.38. The molecule has 194 valence electrons. The average molecular weight is 489 g/mol. The monoisotopic (exact) mass is 488 g/mol. The van der Waals surface area contributed by atoms with Crippen molar-refractivity contribution in [2.45, 2.75) is 71.6 Å². The summed E-state index contributed by atoms with van der Waals surface area (Å²) < 4.78 is 1.67. The molecule has 1 aromatic carbocycles. The second kappa shape index (κ2) is 12.1. The number of aryl methyl sites for hydroxylation is 2. The molecule has 0 amide bonds. The molecule has 3 aliphatic rings. The van der Waals surface area contributed by atoms with Crippen LogP contribution in [0, 0.1) is 17.8 Å². The molecule has 5 nitrogen and oxygen atoms in total. The van der Waals surface area contributed by atoms with Gasteiger partial charge in [-0.1, -0.05) is 32.1 Å². The Morgan fingerprint density at radius 2 is 1.94 bits per heavy atom. The molecule has 1 N–H and O–H groups in total. The van der Waals surface area contributed by atoms with E-state index >= 15 is 0 Å². The van der Waals surface area contributed by atoms with E-state index < -0.39 is 0 Å². The first kappa shape index (κ1) is 26.4. The Morgan fingerprint density at radius 3 is 2.53 bits per heavy atom. The van der Waals surface area contributed by atoms with Crippen molar-refractivity contribution in [1.29, 1.82) is 0 Å². The van der Waals surface area contributed by atoms with Crippen LogP contribution < -0.4 is 10.2 Å². The molecule has 1 unspecified atom stereocenters. The van der Waals surface area contributed by atoms with E-state index in [0.717, 1.165) is 55.2 Å². The third kappa shape index (κ3) is 6.56. The first-order chi connectivity index (χ1) is 17.4. The molecule has 1 heterocycles. The Balaban J connectivity index is 0.000000445. The number of fused-ring (bicyclic) bond motifs is 3. The lowest BCUT2D eigenvalue weighted by atomic mass is 9.89. The van der Waals surface area contributed by atoms with Crippen LogP contribution in [-0.2, 0) is 12.8 Å². The molecule has 1 atom stereocenters. The van der Waals surface area contributed by atoms with Crippen LogP contribution in [0.1, 0.15) is 74.7 Å². The van der Waals surface area contributed by atoms with Crippen molar-refractivity contribution in [3.63, 3.8) is 0 Å². The number of anilines is 1. The van der Waals surface area contributed by atoms with Crippen molar-refractivity contribution in [2.24, 2.45) is 17.8 Å². The summed E-state index contributed by atoms with van der Waals surface area (Å²) in [6.45, 7) is 14.1. The van der Waals surface area contributed by atoms with E-state index in [0.29, 0.717) is 18.3 Å². The van der Waals surface area contributed by atoms with Crippen molar-refractivity contribution in [1.82, 2.24) is 15.1 Å². The van der Waals surface area contributed by atoms with E-state index in [1.165, 1.54) is 48.9 Å². The van der Waals surface area contributed by atoms with Crippen LogP contribution >= 0.6 is 0 Å². The minimum atomic E-state index is 0.136. The highest BCUT2D eigenvalue weighted by atomic mass is 16.2. The maximum absolute atomic E-state index is 12.8. The van der Waals surface area contributed by atoms with Gasteiger partial charge in [-0.15, -0.1) is 6.58 Å². The van der Waals surface area contributed by atoms with Crippen LogP contribution in [-0.4, -0.2) is 35.8 Å². The van der Waals surface area contributed by atoms with Crippen molar-refractivity contribution < 1.29 is 4.79 Å². The van der Waals surface area contributed by atoms with Crippen LogP contribution in [0.5, 0.6) is 0 Å². The standard InChI is InChI=1S/C25H34N4O.C6H10/c1-5-18(14-26-4)16-28(17(2)3)22-10-11-23-20(13-22)8-9-21-15-27-29(25(21)23)24(30)12-19-6-7-19;1-2-3-6-4-5-6/h10-11,13,15,18-19,26H,2,5-9,12,14,16H2,1,3-4H3;2,6H,1,3-5H2. The van der Waals surface area contributed by atoms with Crippen molar-refractivity contribution in [3.05, 3.63) is 60.5 Å². The smallest absolute Gasteiger partial charge is 0.247 e. The lowest BCUT2D eigenvalue weighted by Gasteiger charge is -2.30. The van der Waals surface area contributed by atoms with Crippen molar-refractivity contribution >= 4 is 11.6 Å². The van der Waals surface area contributed by atoms with Crippen LogP contribution in [0.25, 0.3) is 11.3 Å². The maximum atomic E-state index is 12.8. The number of rotatable bonds is 11. The molecule has 0 radical (unpaired) electrons. The van der Waals surface area contributed by atoms with Gasteiger partial charge in [0.15, 0.2) is 0 Å². The molecule has 0 saturated heterocycles. The van der Waals surface area contributed by atoms with Gasteiger partial charge in [0.2, 0.25) is 5.91 Å². The Morgan fingerprint density at radius 1 is 1.22 bits per heavy atom. The van der Waals surface area contributed by atoms with Gasteiger partial charge >= 0.3 is 0 Å². The fourth-order valence-electron chi connectivity index (χ4n) is 5.11. The highest BCUT2D eigenvalue weighted by molar-refractivity contribution is 5.86. The number of carbonyl (C=O) groups excluding carboxylic acids is 1. The predicted molar refractivity (Wildman–Crippen MR) is 150 cm³/mol. The van der Waals surface area contributed by atoms with Crippen LogP contribution in [0.4, 0.5) is 5.69 Å². The van der Waals surface area contributed by atoms with Gasteiger partial charge in [-0.25, -0.2) is 0 Å². The summed E-state index contributed by atoms with van der Waals surface area (Å²) in [5, 5.41) is 7.78. The molecular weight excluding hydrogens is 444 g/mol. The molecule has 1 aromatic heterocycles. The van der Waals surface area contributed by atoms with Crippen LogP contribution in [0.2, 0.25) is 0 Å². The molecule has 5 rings (SSSR count). The van der Waals surface area contributed by atoms with Crippen LogP contribution in [0.15, 0.2) is 49.3 Å². The molecule has 0 spiro atoms. The molecule has 0 bridgehead atoms. The quantitative estimate of drug-likeness (QED) is 0.360. The van der Waals surface area contributed by atoms with Gasteiger partial charge in [-0.05, 0) is 106 Å². The molecule has 36 heavy (non-hydrogen) atoms. The van der Waals surface area contributed by atoms with E-state index in [2.05, 4.69) is 60.5 Å². The van der Waals surface area contributed by atoms with Crippen LogP contribution in [0.3, 0.4) is 0 Å². The summed E-state index contributed by atoms with van der Waals surface area (Å²) in [6, 6.07) is 6.65. The second-order valence-corrected chi connectivity index (χ2v) is 11.0. The number of aromatic nitrogens is 2. The molecule has 0 aliphatic heterocycles. The molecule has 2 aromatic rings. The Kier molecular flexibility index (Phi) is 8.84. The van der Waals surface area contributed by atoms with Gasteiger partial charge in [0, 0.05) is 29.9 Å². The van der Waals surface area contributed by atoms with E-state index in [-0.39, 0.29) is 5.91 Å². The Hall–Kier alpha value is -2.66. The summed E-state index contributed by atoms with van der Waals surface area (Å²) in [5.74, 6) is 2.30. The van der Waals surface area contributed by atoms with Gasteiger partial charge in [0.1, 0.15) is 0 Å². The first-order valence-electron chi connectivity index (χ1n) is 13.9. The number of nitrogens with one attached hydrogen (secondary N) is 1. The second-order valence-electron chi connectivity index (χ2n) is 11.0. The maximum Gasteiger partial charge on any atom is 0.247 e. The molecule has 2 saturated carbocycles. The summed E-state index contributed by atoms with van der Waals surface area (Å²) >= 11 is 0. The largest absolute Gasteiger partial charge is 0.346 e. The molecule has 2 fully saturated rings. The van der Waals surface area contributed by atoms with Crippen molar-refractivity contribution in [2.75, 3.05) is 25.0 Å². The zero-order chi connectivity index (χ0) is 25.7. The van der Waals surface area contributed by atoms with Crippen molar-refractivity contribution in [3.8, 4) is 11.3 Å². The highest BCUT2D eigenvalue weighted by Gasteiger charge is 2.29. The SMILES string of the molecule is C=C(C)N(CC(CC)CNC)c1ccc2c(c1)CCc1cnn(C(=O)CC3CC3)c1-2.C=CCC1CC1. The summed E-state index contributed by atoms with van der Waals surface area (Å²) in [7, 11) is 2.01. The van der Waals surface area contributed by atoms with E-state index in [1.807, 2.05) is 19.3 Å². The number of allylic oxidation sites excluding steroid dienone is 2. The fraction of sp³-hybridized carbons (Fsp3) is 0.548. The van der Waals surface area contributed by atoms with Gasteiger partial charge in [-0.2, -0.15) is 9.78 Å². The minimum Gasteiger partial charge on any atom is -0.346 e. The molecular formula is C31H44N4O. The predicted octanol–water partition coefficient (Wildman–Crippen LogP) is 6.65. The average Bonchev–Trinajstić information content (AvgIpc) is 3.81. The fourth-order valence-corrected chi connectivity index (χ4v) is 5.11. The molecule has 3 aliphatic carbocycles. The Bertz CT molecular complexity index is 1080. The third-order valence-corrected chi connectivity index (χ3v) is 7.73. The van der Waals surface area contributed by atoms with E-state index in [1.54, 1.807) is 4.68 Å². The number of benzene rings is 1. The molecule has 5 heteroatoms. The normalized spacial score (nSPS) is 16.8. The van der Waals surface area contributed by atoms with Gasteiger partial charge in [0.25, 0.3) is 0 Å². The zero-order valence-corrected chi connectivity index (χ0v) is 22.6. The third-order valence-electron chi connectivity index (χ3n) is 7.73. The number of hydrogen-bond acceptors (Lipinski definition) is 4. The Labute approximate surface area is 217 Å². The summed E-state index contributed by atoms with van der Waals surface area (Å²) in [6.07, 6.45) is 14.1. The lowest BCUT2D eigenvalue weighted by Crippen LogP contribution is -2.32. The number of nitrogens with zero attached hydrogens (tertiary/aromatic N) is 3. The van der Waals surface area contributed by atoms with E-state index in [9.17, 15) is 4.79 Å². The topological polar surface area (TPSA) is 50.2 Å². The number of carbonyl (C=O) groups is 1. The minimum absolute atomic E-state index is 0.136. The van der Waals surface area contributed by atoms with Gasteiger partial charge in [0.05, 0.1) is 11.9 Å². The summed E-state index contributed by atoms with van der Waals surface area (Å²) in [5.41, 5.74) is 6.91. The van der Waals surface area contributed by atoms with E-state index in [4.69, 9.17) is 0 Å². The lowest BCUT2D eigenvalue weighted by molar-refractivity contribution is 0.0882. The zero-order valence-electron chi connectivity index (χ0n) is 22.6. The summed E-state index contributed by atoms with van der Waals surface area (Å²) in [4.78, 5) is 15.1. The van der Waals surface area contributed by atoms with Gasteiger partial charge < -0.3 is 10.2 Å². The number of hydrogen-bond donors (Lipinski definition) is 1. The van der Waals surface area contributed by atoms with Gasteiger partial charge in [-0.3, -0.25) is 4.79 Å².